The number of methoxy groups -OCH3 is 1. The SMILES string of the molecule is CCCn1c(N)c(N(CCOC)C(=O)CSCc2ccccn2)c(=O)[nH]c1=O. The maximum atomic E-state index is 12.8. The van der Waals surface area contributed by atoms with E-state index in [1.54, 1.807) is 6.20 Å². The number of H-pyrrole nitrogens is 1. The third kappa shape index (κ3) is 5.46. The van der Waals surface area contributed by atoms with Gasteiger partial charge in [0, 0.05) is 32.1 Å². The highest BCUT2D eigenvalue weighted by Crippen LogP contribution is 2.19. The molecule has 10 heteroatoms. The summed E-state index contributed by atoms with van der Waals surface area (Å²) in [7, 11) is 1.50. The number of thioether (sulfide) groups is 1. The van der Waals surface area contributed by atoms with Crippen molar-refractivity contribution in [2.24, 2.45) is 0 Å². The highest BCUT2D eigenvalue weighted by Gasteiger charge is 2.23. The Kier molecular flexibility index (Phi) is 8.27. The molecule has 0 radical (unpaired) electrons. The van der Waals surface area contributed by atoms with Crippen LogP contribution in [-0.2, 0) is 21.8 Å². The van der Waals surface area contributed by atoms with E-state index in [0.29, 0.717) is 18.7 Å². The van der Waals surface area contributed by atoms with Gasteiger partial charge < -0.3 is 15.4 Å². The Morgan fingerprint density at radius 2 is 2.18 bits per heavy atom. The zero-order valence-electron chi connectivity index (χ0n) is 16.0. The fourth-order valence-corrected chi connectivity index (χ4v) is 3.44. The van der Waals surface area contributed by atoms with E-state index in [4.69, 9.17) is 10.5 Å². The Bertz CT molecular complexity index is 897. The van der Waals surface area contributed by atoms with Crippen molar-refractivity contribution >= 4 is 29.2 Å². The van der Waals surface area contributed by atoms with E-state index in [1.165, 1.54) is 28.3 Å². The fraction of sp³-hybridized carbons (Fsp3) is 0.444. The second kappa shape index (κ2) is 10.7. The van der Waals surface area contributed by atoms with Gasteiger partial charge in [-0.3, -0.25) is 24.1 Å². The molecule has 0 saturated carbocycles. The molecule has 0 aromatic carbocycles. The van der Waals surface area contributed by atoms with Crippen LogP contribution in [0.15, 0.2) is 34.0 Å². The molecule has 0 aliphatic carbocycles. The Balaban J connectivity index is 2.25. The standard InChI is InChI=1S/C18H25N5O4S/c1-3-8-23-16(19)15(17(25)21-18(23)26)22(9-10-27-2)14(24)12-28-11-13-6-4-5-7-20-13/h4-7H,3,8-12,19H2,1-2H3,(H,21,25,26). The second-order valence-corrected chi connectivity index (χ2v) is 6.98. The van der Waals surface area contributed by atoms with Crippen LogP contribution >= 0.6 is 11.8 Å². The van der Waals surface area contributed by atoms with Crippen LogP contribution < -0.4 is 21.9 Å². The molecule has 0 aliphatic rings. The molecule has 0 aliphatic heterocycles. The van der Waals surface area contributed by atoms with E-state index >= 15 is 0 Å². The van der Waals surface area contributed by atoms with E-state index in [2.05, 4.69) is 9.97 Å². The lowest BCUT2D eigenvalue weighted by atomic mass is 10.3. The molecule has 0 atom stereocenters. The van der Waals surface area contributed by atoms with Gasteiger partial charge in [-0.1, -0.05) is 13.0 Å². The largest absolute Gasteiger partial charge is 0.383 e. The minimum absolute atomic E-state index is 0.0187. The summed E-state index contributed by atoms with van der Waals surface area (Å²) in [5, 5.41) is 0. The van der Waals surface area contributed by atoms with Crippen molar-refractivity contribution in [1.82, 2.24) is 14.5 Å². The summed E-state index contributed by atoms with van der Waals surface area (Å²) in [5.41, 5.74) is 5.66. The predicted octanol–water partition coefficient (Wildman–Crippen LogP) is 0.837. The second-order valence-electron chi connectivity index (χ2n) is 6.00. The van der Waals surface area contributed by atoms with Gasteiger partial charge in [-0.15, -0.1) is 11.8 Å². The number of rotatable bonds is 10. The molecule has 2 aromatic heterocycles. The lowest BCUT2D eigenvalue weighted by molar-refractivity contribution is -0.116. The maximum absolute atomic E-state index is 12.8. The van der Waals surface area contributed by atoms with Crippen LogP contribution in [0.25, 0.3) is 0 Å². The number of aromatic amines is 1. The van der Waals surface area contributed by atoms with Gasteiger partial charge >= 0.3 is 5.69 Å². The first-order chi connectivity index (χ1) is 13.5. The predicted molar refractivity (Wildman–Crippen MR) is 111 cm³/mol. The molecule has 0 bridgehead atoms. The summed E-state index contributed by atoms with van der Waals surface area (Å²) < 4.78 is 6.34. The first kappa shape index (κ1) is 21.7. The Morgan fingerprint density at radius 1 is 1.39 bits per heavy atom. The minimum atomic E-state index is -0.686. The third-order valence-corrected chi connectivity index (χ3v) is 4.90. The van der Waals surface area contributed by atoms with Crippen molar-refractivity contribution in [3.05, 3.63) is 50.9 Å². The van der Waals surface area contributed by atoms with Crippen molar-refractivity contribution in [3.8, 4) is 0 Å². The van der Waals surface area contributed by atoms with Gasteiger partial charge in [-0.25, -0.2) is 4.79 Å². The molecular weight excluding hydrogens is 382 g/mol. The van der Waals surface area contributed by atoms with Gasteiger partial charge in [-0.05, 0) is 18.6 Å². The number of carbonyl (C=O) groups excluding carboxylic acids is 1. The summed E-state index contributed by atoms with van der Waals surface area (Å²) in [4.78, 5) is 45.0. The number of nitrogens with zero attached hydrogens (tertiary/aromatic N) is 3. The average Bonchev–Trinajstić information content (AvgIpc) is 2.68. The molecule has 0 fully saturated rings. The smallest absolute Gasteiger partial charge is 0.330 e. The number of pyridine rings is 1. The average molecular weight is 407 g/mol. The van der Waals surface area contributed by atoms with Gasteiger partial charge in [0.2, 0.25) is 5.91 Å². The Hall–Kier alpha value is -2.59. The van der Waals surface area contributed by atoms with E-state index < -0.39 is 11.2 Å². The lowest BCUT2D eigenvalue weighted by Crippen LogP contribution is -2.43. The molecule has 0 saturated heterocycles. The first-order valence-electron chi connectivity index (χ1n) is 8.89. The number of nitrogens with two attached hydrogens (primary N) is 1. The normalized spacial score (nSPS) is 10.8. The number of carbonyl (C=O) groups is 1. The highest BCUT2D eigenvalue weighted by atomic mass is 32.2. The van der Waals surface area contributed by atoms with Crippen LogP contribution in [0.5, 0.6) is 0 Å². The van der Waals surface area contributed by atoms with Gasteiger partial charge in [0.05, 0.1) is 18.1 Å². The number of anilines is 2. The molecule has 2 heterocycles. The van der Waals surface area contributed by atoms with Crippen LogP contribution in [0.3, 0.4) is 0 Å². The number of nitrogens with one attached hydrogen (secondary N) is 1. The first-order valence-corrected chi connectivity index (χ1v) is 10.0. The van der Waals surface area contributed by atoms with E-state index in [9.17, 15) is 14.4 Å². The summed E-state index contributed by atoms with van der Waals surface area (Å²) in [6, 6.07) is 5.59. The van der Waals surface area contributed by atoms with Gasteiger partial charge in [0.1, 0.15) is 5.82 Å². The molecule has 3 N–H and O–H groups in total. The number of hydrogen-bond donors (Lipinski definition) is 2. The minimum Gasteiger partial charge on any atom is -0.383 e. The van der Waals surface area contributed by atoms with Crippen LogP contribution in [0.4, 0.5) is 11.5 Å². The van der Waals surface area contributed by atoms with E-state index in [-0.39, 0.29) is 36.3 Å². The lowest BCUT2D eigenvalue weighted by Gasteiger charge is -2.24. The van der Waals surface area contributed by atoms with Crippen LogP contribution in [0.1, 0.15) is 19.0 Å². The van der Waals surface area contributed by atoms with Crippen molar-refractivity contribution in [3.63, 3.8) is 0 Å². The quantitative estimate of drug-likeness (QED) is 0.598. The van der Waals surface area contributed by atoms with Crippen molar-refractivity contribution in [2.75, 3.05) is 36.6 Å². The summed E-state index contributed by atoms with van der Waals surface area (Å²) >= 11 is 1.38. The van der Waals surface area contributed by atoms with Crippen molar-refractivity contribution < 1.29 is 9.53 Å². The van der Waals surface area contributed by atoms with E-state index in [0.717, 1.165) is 5.69 Å². The van der Waals surface area contributed by atoms with Gasteiger partial charge in [0.15, 0.2) is 5.69 Å². The van der Waals surface area contributed by atoms with Crippen molar-refractivity contribution in [2.45, 2.75) is 25.6 Å². The summed E-state index contributed by atoms with van der Waals surface area (Å²) in [6.45, 7) is 2.60. The highest BCUT2D eigenvalue weighted by molar-refractivity contribution is 7.99. The zero-order chi connectivity index (χ0) is 20.5. The monoisotopic (exact) mass is 407 g/mol. The maximum Gasteiger partial charge on any atom is 0.330 e. The van der Waals surface area contributed by atoms with Crippen LogP contribution in [-0.4, -0.2) is 46.5 Å². The summed E-state index contributed by atoms with van der Waals surface area (Å²) in [6.07, 6.45) is 2.35. The fourth-order valence-electron chi connectivity index (χ4n) is 2.63. The molecular formula is C18H25N5O4S. The Labute approximate surface area is 166 Å². The number of aromatic nitrogens is 3. The summed E-state index contributed by atoms with van der Waals surface area (Å²) in [5.74, 6) is 0.379. The van der Waals surface area contributed by atoms with Crippen LogP contribution in [0.2, 0.25) is 0 Å². The zero-order valence-corrected chi connectivity index (χ0v) is 16.8. The molecule has 28 heavy (non-hydrogen) atoms. The van der Waals surface area contributed by atoms with E-state index in [1.807, 2.05) is 25.1 Å². The molecule has 2 aromatic rings. The van der Waals surface area contributed by atoms with Crippen molar-refractivity contribution in [1.29, 1.82) is 0 Å². The number of ether oxygens (including phenoxy) is 1. The number of hydrogen-bond acceptors (Lipinski definition) is 7. The molecule has 2 rings (SSSR count). The Morgan fingerprint density at radius 3 is 2.82 bits per heavy atom. The van der Waals surface area contributed by atoms with Gasteiger partial charge in [0.25, 0.3) is 5.56 Å². The topological polar surface area (TPSA) is 123 Å². The number of amides is 1. The molecule has 9 nitrogen and oxygen atoms in total. The number of nitrogen functional groups attached to an aromatic ring is 1. The van der Waals surface area contributed by atoms with Crippen LogP contribution in [0, 0.1) is 0 Å². The molecule has 1 amide bonds. The third-order valence-electron chi connectivity index (χ3n) is 3.95. The van der Waals surface area contributed by atoms with Gasteiger partial charge in [-0.2, -0.15) is 0 Å². The molecule has 0 unspecified atom stereocenters. The molecule has 0 spiro atoms. The molecule has 152 valence electrons.